The van der Waals surface area contributed by atoms with Crippen LogP contribution in [0.3, 0.4) is 0 Å². The van der Waals surface area contributed by atoms with Gasteiger partial charge in [0.15, 0.2) is 0 Å². The summed E-state index contributed by atoms with van der Waals surface area (Å²) in [5, 5.41) is 2.73. The normalized spacial score (nSPS) is 22.0. The van der Waals surface area contributed by atoms with Crippen LogP contribution in [-0.2, 0) is 22.4 Å². The molecule has 0 saturated carbocycles. The predicted octanol–water partition coefficient (Wildman–Crippen LogP) is 1.95. The average Bonchev–Trinajstić information content (AvgIpc) is 3.50. The first-order valence-corrected chi connectivity index (χ1v) is 11.0. The van der Waals surface area contributed by atoms with E-state index in [1.807, 2.05) is 41.0 Å². The third-order valence-corrected chi connectivity index (χ3v) is 6.96. The zero-order valence-corrected chi connectivity index (χ0v) is 17.7. The molecule has 0 aromatic heterocycles. The number of amides is 3. The van der Waals surface area contributed by atoms with Gasteiger partial charge in [-0.05, 0) is 49.4 Å². The molecule has 3 aliphatic rings. The molecular formula is C25H27N3O3. The minimum absolute atomic E-state index is 0.0121. The molecule has 5 rings (SSSR count). The monoisotopic (exact) mass is 417 g/mol. The highest BCUT2D eigenvalue weighted by molar-refractivity contribution is 5.96. The number of carbonyl (C=O) groups excluding carboxylic acids is 3. The van der Waals surface area contributed by atoms with Crippen LogP contribution < -0.4 is 5.32 Å². The van der Waals surface area contributed by atoms with E-state index in [-0.39, 0.29) is 42.3 Å². The van der Waals surface area contributed by atoms with E-state index in [1.54, 1.807) is 12.1 Å². The summed E-state index contributed by atoms with van der Waals surface area (Å²) in [5.74, 6) is -0.0678. The first-order valence-electron chi connectivity index (χ1n) is 11.0. The SMILES string of the molecule is Cc1ccc(C(=O)NCC(=O)N2C[C@H]3C[C@H]2CN3C(=O)C2Cc3ccccc3C2)cc1. The summed E-state index contributed by atoms with van der Waals surface area (Å²) in [6.45, 7) is 3.12. The van der Waals surface area contributed by atoms with Gasteiger partial charge < -0.3 is 15.1 Å². The molecule has 2 atom stereocenters. The van der Waals surface area contributed by atoms with Crippen LogP contribution in [0, 0.1) is 12.8 Å². The Morgan fingerprint density at radius 3 is 2.13 bits per heavy atom. The van der Waals surface area contributed by atoms with E-state index in [0.717, 1.165) is 24.8 Å². The van der Waals surface area contributed by atoms with Crippen LogP contribution in [0.4, 0.5) is 0 Å². The Balaban J connectivity index is 1.14. The lowest BCUT2D eigenvalue weighted by molar-refractivity contribution is -0.141. The second-order valence-electron chi connectivity index (χ2n) is 9.00. The Bertz CT molecular complexity index is 1010. The summed E-state index contributed by atoms with van der Waals surface area (Å²) in [7, 11) is 0. The van der Waals surface area contributed by atoms with E-state index in [1.165, 1.54) is 11.1 Å². The zero-order chi connectivity index (χ0) is 21.5. The average molecular weight is 418 g/mol. The smallest absolute Gasteiger partial charge is 0.251 e. The summed E-state index contributed by atoms with van der Waals surface area (Å²) in [6.07, 6.45) is 2.47. The highest BCUT2D eigenvalue weighted by Gasteiger charge is 2.48. The second-order valence-corrected chi connectivity index (χ2v) is 9.00. The number of carbonyl (C=O) groups is 3. The summed E-state index contributed by atoms with van der Waals surface area (Å²) >= 11 is 0. The highest BCUT2D eigenvalue weighted by Crippen LogP contribution is 2.35. The molecule has 0 unspecified atom stereocenters. The Labute approximate surface area is 182 Å². The molecule has 2 bridgehead atoms. The van der Waals surface area contributed by atoms with Gasteiger partial charge in [0.1, 0.15) is 0 Å². The molecule has 1 N–H and O–H groups in total. The van der Waals surface area contributed by atoms with Crippen molar-refractivity contribution >= 4 is 17.7 Å². The van der Waals surface area contributed by atoms with Crippen molar-refractivity contribution in [3.63, 3.8) is 0 Å². The molecule has 0 spiro atoms. The maximum Gasteiger partial charge on any atom is 0.251 e. The summed E-state index contributed by atoms with van der Waals surface area (Å²) < 4.78 is 0. The molecule has 0 radical (unpaired) electrons. The van der Waals surface area contributed by atoms with Crippen molar-refractivity contribution in [2.75, 3.05) is 19.6 Å². The van der Waals surface area contributed by atoms with Gasteiger partial charge in [0, 0.05) is 24.6 Å². The molecule has 1 aliphatic carbocycles. The lowest BCUT2D eigenvalue weighted by atomic mass is 10.0. The summed E-state index contributed by atoms with van der Waals surface area (Å²) in [6, 6.07) is 15.7. The second kappa shape index (κ2) is 7.84. The highest BCUT2D eigenvalue weighted by atomic mass is 16.2. The van der Waals surface area contributed by atoms with Crippen molar-refractivity contribution in [2.45, 2.75) is 38.3 Å². The number of nitrogens with zero attached hydrogens (tertiary/aromatic N) is 2. The van der Waals surface area contributed by atoms with E-state index in [0.29, 0.717) is 18.7 Å². The topological polar surface area (TPSA) is 69.7 Å². The van der Waals surface area contributed by atoms with E-state index in [4.69, 9.17) is 0 Å². The van der Waals surface area contributed by atoms with Gasteiger partial charge in [0.05, 0.1) is 18.6 Å². The number of aryl methyl sites for hydroxylation is 1. The van der Waals surface area contributed by atoms with Crippen molar-refractivity contribution in [1.29, 1.82) is 0 Å². The number of nitrogens with one attached hydrogen (secondary N) is 1. The number of benzene rings is 2. The Hall–Kier alpha value is -3.15. The van der Waals surface area contributed by atoms with Crippen molar-refractivity contribution in [1.82, 2.24) is 15.1 Å². The van der Waals surface area contributed by atoms with Gasteiger partial charge in [0.2, 0.25) is 11.8 Å². The molecule has 160 valence electrons. The molecular weight excluding hydrogens is 390 g/mol. The number of hydrogen-bond acceptors (Lipinski definition) is 3. The van der Waals surface area contributed by atoms with Gasteiger partial charge in [0.25, 0.3) is 5.91 Å². The van der Waals surface area contributed by atoms with E-state index in [9.17, 15) is 14.4 Å². The lowest BCUT2D eigenvalue weighted by Gasteiger charge is -2.35. The lowest BCUT2D eigenvalue weighted by Crippen LogP contribution is -2.53. The van der Waals surface area contributed by atoms with E-state index in [2.05, 4.69) is 17.4 Å². The fraction of sp³-hybridized carbons (Fsp3) is 0.400. The third kappa shape index (κ3) is 3.71. The van der Waals surface area contributed by atoms with Crippen LogP contribution in [0.25, 0.3) is 0 Å². The zero-order valence-electron chi connectivity index (χ0n) is 17.7. The van der Waals surface area contributed by atoms with Crippen LogP contribution >= 0.6 is 0 Å². The number of piperazine rings is 1. The number of fused-ring (bicyclic) bond motifs is 3. The van der Waals surface area contributed by atoms with Crippen molar-refractivity contribution < 1.29 is 14.4 Å². The molecule has 3 amide bonds. The Morgan fingerprint density at radius 1 is 0.903 bits per heavy atom. The van der Waals surface area contributed by atoms with Crippen LogP contribution in [0.1, 0.15) is 33.5 Å². The first-order chi connectivity index (χ1) is 15.0. The standard InChI is InChI=1S/C25H27N3O3/c1-16-6-8-17(9-7-16)24(30)26-13-23(29)27-14-22-12-21(27)15-28(22)25(31)20-10-18-4-2-3-5-19(18)11-20/h2-9,20-22H,10-15H2,1H3,(H,26,30)/t21-,22+/m0/s1. The van der Waals surface area contributed by atoms with E-state index >= 15 is 0 Å². The molecule has 2 aromatic carbocycles. The van der Waals surface area contributed by atoms with Crippen LogP contribution in [0.15, 0.2) is 48.5 Å². The Morgan fingerprint density at radius 2 is 1.52 bits per heavy atom. The fourth-order valence-electron chi connectivity index (χ4n) is 5.27. The van der Waals surface area contributed by atoms with Crippen molar-refractivity contribution in [3.05, 3.63) is 70.8 Å². The van der Waals surface area contributed by atoms with E-state index < -0.39 is 0 Å². The molecule has 2 aromatic rings. The fourth-order valence-corrected chi connectivity index (χ4v) is 5.27. The number of likely N-dealkylation sites (tertiary alicyclic amines) is 2. The van der Waals surface area contributed by atoms with Gasteiger partial charge in [-0.3, -0.25) is 14.4 Å². The molecule has 6 heteroatoms. The van der Waals surface area contributed by atoms with Crippen molar-refractivity contribution in [2.24, 2.45) is 5.92 Å². The quantitative estimate of drug-likeness (QED) is 0.827. The molecule has 2 fully saturated rings. The van der Waals surface area contributed by atoms with Gasteiger partial charge in [-0.2, -0.15) is 0 Å². The maximum absolute atomic E-state index is 13.1. The largest absolute Gasteiger partial charge is 0.343 e. The minimum atomic E-state index is -0.240. The maximum atomic E-state index is 13.1. The predicted molar refractivity (Wildman–Crippen MR) is 116 cm³/mol. The first kappa shape index (κ1) is 19.8. The number of rotatable bonds is 4. The summed E-state index contributed by atoms with van der Waals surface area (Å²) in [5.41, 5.74) is 4.20. The van der Waals surface area contributed by atoms with Gasteiger partial charge in [-0.25, -0.2) is 0 Å². The van der Waals surface area contributed by atoms with Crippen LogP contribution in [-0.4, -0.2) is 59.2 Å². The van der Waals surface area contributed by atoms with Crippen LogP contribution in [0.5, 0.6) is 0 Å². The Kier molecular flexibility index (Phi) is 5.00. The number of hydrogen-bond donors (Lipinski definition) is 1. The van der Waals surface area contributed by atoms with Crippen LogP contribution in [0.2, 0.25) is 0 Å². The molecule has 6 nitrogen and oxygen atoms in total. The molecule has 31 heavy (non-hydrogen) atoms. The molecule has 2 heterocycles. The van der Waals surface area contributed by atoms with Crippen molar-refractivity contribution in [3.8, 4) is 0 Å². The van der Waals surface area contributed by atoms with Gasteiger partial charge in [-0.15, -0.1) is 0 Å². The summed E-state index contributed by atoms with van der Waals surface area (Å²) in [4.78, 5) is 42.0. The third-order valence-electron chi connectivity index (χ3n) is 6.96. The molecule has 2 saturated heterocycles. The van der Waals surface area contributed by atoms with Gasteiger partial charge in [-0.1, -0.05) is 42.0 Å². The van der Waals surface area contributed by atoms with Gasteiger partial charge >= 0.3 is 0 Å². The minimum Gasteiger partial charge on any atom is -0.343 e. The molecule has 2 aliphatic heterocycles.